The summed E-state index contributed by atoms with van der Waals surface area (Å²) in [5.74, 6) is 0.816. The number of fused-ring (bicyclic) bond motifs is 3. The molecule has 4 atom stereocenters. The van der Waals surface area contributed by atoms with E-state index in [0.717, 1.165) is 43.9 Å². The quantitative estimate of drug-likeness (QED) is 0.882. The third-order valence-corrected chi connectivity index (χ3v) is 5.51. The van der Waals surface area contributed by atoms with Crippen molar-refractivity contribution >= 4 is 5.91 Å². The van der Waals surface area contributed by atoms with Crippen molar-refractivity contribution in [2.75, 3.05) is 13.1 Å². The van der Waals surface area contributed by atoms with E-state index in [-0.39, 0.29) is 17.9 Å². The minimum absolute atomic E-state index is 0.127. The highest BCUT2D eigenvalue weighted by atomic mass is 16.2. The Labute approximate surface area is 153 Å². The lowest BCUT2D eigenvalue weighted by Gasteiger charge is -2.49. The van der Waals surface area contributed by atoms with Crippen molar-refractivity contribution < 1.29 is 4.79 Å². The van der Waals surface area contributed by atoms with Gasteiger partial charge in [-0.1, -0.05) is 11.3 Å². The van der Waals surface area contributed by atoms with Crippen LogP contribution in [-0.4, -0.2) is 56.0 Å². The Morgan fingerprint density at radius 2 is 2.23 bits per heavy atom. The summed E-state index contributed by atoms with van der Waals surface area (Å²) in [4.78, 5) is 19.2. The first-order valence-electron chi connectivity index (χ1n) is 9.46. The van der Waals surface area contributed by atoms with E-state index in [0.29, 0.717) is 12.0 Å². The average Bonchev–Trinajstić information content (AvgIpc) is 3.11. The first kappa shape index (κ1) is 17.1. The monoisotopic (exact) mass is 354 g/mol. The minimum Gasteiger partial charge on any atom is -0.354 e. The molecule has 0 radical (unpaired) electrons. The van der Waals surface area contributed by atoms with Gasteiger partial charge >= 0.3 is 0 Å². The van der Waals surface area contributed by atoms with Crippen molar-refractivity contribution in [1.82, 2.24) is 30.2 Å². The molecule has 1 N–H and O–H groups in total. The highest BCUT2D eigenvalue weighted by Crippen LogP contribution is 2.37. The number of carbonyl (C=O) groups is 1. The molecule has 138 valence electrons. The second-order valence-electron chi connectivity index (χ2n) is 7.74. The molecular formula is C19H26N6O. The first-order valence-corrected chi connectivity index (χ1v) is 9.46. The summed E-state index contributed by atoms with van der Waals surface area (Å²) >= 11 is 0. The summed E-state index contributed by atoms with van der Waals surface area (Å²) in [5.41, 5.74) is 1.64. The number of nitrogens with zero attached hydrogens (tertiary/aromatic N) is 5. The van der Waals surface area contributed by atoms with E-state index < -0.39 is 0 Å². The molecule has 0 aliphatic carbocycles. The number of aromatic nitrogens is 4. The number of piperidine rings is 3. The van der Waals surface area contributed by atoms with Gasteiger partial charge in [-0.2, -0.15) is 0 Å². The van der Waals surface area contributed by atoms with Crippen LogP contribution in [-0.2, 0) is 11.3 Å². The molecule has 1 amide bonds. The summed E-state index contributed by atoms with van der Waals surface area (Å²) in [6.07, 6.45) is 5.90. The fraction of sp³-hybridized carbons (Fsp3) is 0.579. The number of pyridine rings is 1. The standard InChI is InChI=1S/C19H26N6O/c1-13(2)21-19(26)16-11-24-8-6-14(16)9-15(24)10-25-12-18(22-23-25)17-5-3-4-7-20-17/h3-5,7,12-16H,6,8-11H2,1-2H3,(H,21,26)/t14-,15+,16-/m0/s1. The maximum atomic E-state index is 12.5. The van der Waals surface area contributed by atoms with E-state index >= 15 is 0 Å². The van der Waals surface area contributed by atoms with Crippen LogP contribution in [0.25, 0.3) is 11.4 Å². The number of amides is 1. The van der Waals surface area contributed by atoms with Gasteiger partial charge < -0.3 is 5.32 Å². The van der Waals surface area contributed by atoms with Crippen LogP contribution < -0.4 is 5.32 Å². The molecule has 7 nitrogen and oxygen atoms in total. The second-order valence-corrected chi connectivity index (χ2v) is 7.74. The Morgan fingerprint density at radius 1 is 1.35 bits per heavy atom. The fourth-order valence-corrected chi connectivity index (χ4v) is 4.25. The summed E-state index contributed by atoms with van der Waals surface area (Å²) in [5, 5.41) is 11.6. The molecule has 0 spiro atoms. The topological polar surface area (TPSA) is 75.9 Å². The van der Waals surface area contributed by atoms with Crippen LogP contribution in [0.5, 0.6) is 0 Å². The highest BCUT2D eigenvalue weighted by molar-refractivity contribution is 5.79. The van der Waals surface area contributed by atoms with Gasteiger partial charge in [-0.15, -0.1) is 5.10 Å². The maximum absolute atomic E-state index is 12.5. The molecule has 3 fully saturated rings. The zero-order chi connectivity index (χ0) is 18.1. The van der Waals surface area contributed by atoms with Crippen LogP contribution in [0, 0.1) is 11.8 Å². The molecule has 3 saturated heterocycles. The summed E-state index contributed by atoms with van der Waals surface area (Å²) in [6, 6.07) is 6.42. The summed E-state index contributed by atoms with van der Waals surface area (Å²) in [7, 11) is 0. The predicted molar refractivity (Wildman–Crippen MR) is 98.1 cm³/mol. The Hall–Kier alpha value is -2.28. The molecule has 5 rings (SSSR count). The molecule has 5 heterocycles. The number of rotatable bonds is 5. The van der Waals surface area contributed by atoms with Gasteiger partial charge in [0.15, 0.2) is 0 Å². The van der Waals surface area contributed by atoms with Gasteiger partial charge in [-0.05, 0) is 51.3 Å². The molecule has 7 heteroatoms. The molecule has 2 aromatic rings. The van der Waals surface area contributed by atoms with Crippen molar-refractivity contribution in [3.63, 3.8) is 0 Å². The molecule has 3 aliphatic rings. The molecular weight excluding hydrogens is 328 g/mol. The lowest BCUT2D eigenvalue weighted by molar-refractivity contribution is -0.133. The molecule has 2 aromatic heterocycles. The van der Waals surface area contributed by atoms with Crippen molar-refractivity contribution in [2.24, 2.45) is 11.8 Å². The van der Waals surface area contributed by atoms with Crippen LogP contribution in [0.4, 0.5) is 0 Å². The van der Waals surface area contributed by atoms with Crippen LogP contribution in [0.1, 0.15) is 26.7 Å². The average molecular weight is 354 g/mol. The van der Waals surface area contributed by atoms with Crippen LogP contribution in [0.15, 0.2) is 30.6 Å². The van der Waals surface area contributed by atoms with E-state index in [1.165, 1.54) is 0 Å². The van der Waals surface area contributed by atoms with Crippen molar-refractivity contribution in [3.8, 4) is 11.4 Å². The first-order chi connectivity index (χ1) is 12.6. The van der Waals surface area contributed by atoms with Gasteiger partial charge in [-0.25, -0.2) is 0 Å². The van der Waals surface area contributed by atoms with Crippen LogP contribution in [0.2, 0.25) is 0 Å². The minimum atomic E-state index is 0.127. The van der Waals surface area contributed by atoms with Gasteiger partial charge in [0.05, 0.1) is 24.4 Å². The predicted octanol–water partition coefficient (Wildman–Crippen LogP) is 1.58. The smallest absolute Gasteiger partial charge is 0.224 e. The number of hydrogen-bond donors (Lipinski definition) is 1. The Kier molecular flexibility index (Phi) is 4.72. The third-order valence-electron chi connectivity index (χ3n) is 5.51. The number of nitrogens with one attached hydrogen (secondary N) is 1. The Bertz CT molecular complexity index is 758. The van der Waals surface area contributed by atoms with Gasteiger partial charge in [0, 0.05) is 24.8 Å². The molecule has 1 unspecified atom stereocenters. The lowest BCUT2D eigenvalue weighted by Crippen LogP contribution is -2.58. The Balaban J connectivity index is 1.40. The van der Waals surface area contributed by atoms with E-state index in [9.17, 15) is 4.79 Å². The SMILES string of the molecule is CC(C)NC(=O)[C@H]1CN2CC[C@H]1C[C@@H]2Cn1cc(-c2ccccn2)nn1. The third kappa shape index (κ3) is 3.49. The van der Waals surface area contributed by atoms with Crippen LogP contribution >= 0.6 is 0 Å². The largest absolute Gasteiger partial charge is 0.354 e. The van der Waals surface area contributed by atoms with E-state index in [1.54, 1.807) is 6.20 Å². The van der Waals surface area contributed by atoms with Crippen molar-refractivity contribution in [3.05, 3.63) is 30.6 Å². The molecule has 26 heavy (non-hydrogen) atoms. The second kappa shape index (κ2) is 7.15. The summed E-state index contributed by atoms with van der Waals surface area (Å²) < 4.78 is 1.92. The van der Waals surface area contributed by atoms with E-state index in [1.807, 2.05) is 42.9 Å². The van der Waals surface area contributed by atoms with Crippen LogP contribution in [0.3, 0.4) is 0 Å². The fourth-order valence-electron chi connectivity index (χ4n) is 4.25. The lowest BCUT2D eigenvalue weighted by atomic mass is 9.75. The van der Waals surface area contributed by atoms with Gasteiger partial charge in [0.2, 0.25) is 5.91 Å². The van der Waals surface area contributed by atoms with Gasteiger partial charge in [0.25, 0.3) is 0 Å². The van der Waals surface area contributed by atoms with Crippen molar-refractivity contribution in [2.45, 2.75) is 45.3 Å². The molecule has 0 saturated carbocycles. The van der Waals surface area contributed by atoms with Gasteiger partial charge in [0.1, 0.15) is 5.69 Å². The zero-order valence-corrected chi connectivity index (χ0v) is 15.4. The summed E-state index contributed by atoms with van der Waals surface area (Å²) in [6.45, 7) is 6.78. The van der Waals surface area contributed by atoms with E-state index in [2.05, 4.69) is 25.5 Å². The molecule has 0 aromatic carbocycles. The molecule has 3 aliphatic heterocycles. The number of hydrogen-bond acceptors (Lipinski definition) is 5. The maximum Gasteiger partial charge on any atom is 0.224 e. The Morgan fingerprint density at radius 3 is 2.92 bits per heavy atom. The number of carbonyl (C=O) groups excluding carboxylic acids is 1. The zero-order valence-electron chi connectivity index (χ0n) is 15.4. The highest BCUT2D eigenvalue weighted by Gasteiger charge is 2.43. The molecule has 2 bridgehead atoms. The normalized spacial score (nSPS) is 27.7. The van der Waals surface area contributed by atoms with E-state index in [4.69, 9.17) is 0 Å². The van der Waals surface area contributed by atoms with Gasteiger partial charge in [-0.3, -0.25) is 19.4 Å². The van der Waals surface area contributed by atoms with Crippen molar-refractivity contribution in [1.29, 1.82) is 0 Å².